The number of nitrogens with one attached hydrogen (secondary N) is 1. The number of methoxy groups -OCH3 is 1. The van der Waals surface area contributed by atoms with Crippen LogP contribution < -0.4 is 0 Å². The number of carbonyl (C=O) groups is 2. The van der Waals surface area contributed by atoms with E-state index in [1.165, 1.54) is 12.7 Å². The van der Waals surface area contributed by atoms with Crippen LogP contribution >= 0.6 is 0 Å². The number of H-pyrrole nitrogens is 1. The summed E-state index contributed by atoms with van der Waals surface area (Å²) in [5.74, 6) is -0.447. The van der Waals surface area contributed by atoms with Crippen LogP contribution in [0.25, 0.3) is 10.9 Å². The van der Waals surface area contributed by atoms with Crippen LogP contribution in [0, 0.1) is 5.92 Å². The zero-order valence-electron chi connectivity index (χ0n) is 15.4. The molecule has 2 aliphatic rings. The highest BCUT2D eigenvalue weighted by Crippen LogP contribution is 2.44. The number of nitrogens with zero attached hydrogens (tertiary/aromatic N) is 1. The Hall–Kier alpha value is -3.02. The molecule has 4 rings (SSSR count). The fraction of sp³-hybridized carbons (Fsp3) is 0.333. The predicted octanol–water partition coefficient (Wildman–Crippen LogP) is 2.99. The number of carbonyl (C=O) groups excluding carboxylic acids is 2. The Kier molecular flexibility index (Phi) is 4.26. The molecular weight excluding hydrogens is 344 g/mol. The second-order valence-corrected chi connectivity index (χ2v) is 7.02. The average Bonchev–Trinajstić information content (AvgIpc) is 3.06. The van der Waals surface area contributed by atoms with E-state index >= 15 is 0 Å². The number of aromatic hydroxyl groups is 1. The lowest BCUT2D eigenvalue weighted by molar-refractivity contribution is -0.137. The number of allylic oxidation sites excluding steroid dienone is 2. The molecule has 6 nitrogen and oxygen atoms in total. The minimum atomic E-state index is -0.396. The summed E-state index contributed by atoms with van der Waals surface area (Å²) < 4.78 is 4.96. The molecule has 0 saturated heterocycles. The van der Waals surface area contributed by atoms with Crippen LogP contribution in [-0.4, -0.2) is 40.9 Å². The smallest absolute Gasteiger partial charge is 0.335 e. The third kappa shape index (κ3) is 2.72. The van der Waals surface area contributed by atoms with Gasteiger partial charge in [-0.25, -0.2) is 4.79 Å². The molecule has 0 fully saturated rings. The lowest BCUT2D eigenvalue weighted by atomic mass is 9.80. The zero-order valence-corrected chi connectivity index (χ0v) is 15.4. The normalized spacial score (nSPS) is 22.1. The molecule has 2 aliphatic heterocycles. The first-order valence-electron chi connectivity index (χ1n) is 9.08. The molecule has 0 amide bonds. The van der Waals surface area contributed by atoms with Crippen molar-refractivity contribution in [3.8, 4) is 5.75 Å². The van der Waals surface area contributed by atoms with Crippen molar-refractivity contribution in [2.24, 2.45) is 5.92 Å². The summed E-state index contributed by atoms with van der Waals surface area (Å²) in [5, 5.41) is 10.9. The molecule has 6 heteroatoms. The van der Waals surface area contributed by atoms with E-state index in [-0.39, 0.29) is 17.7 Å². The molecule has 140 valence electrons. The second-order valence-electron chi connectivity index (χ2n) is 7.02. The molecule has 1 aromatic carbocycles. The maximum atomic E-state index is 12.3. The molecule has 27 heavy (non-hydrogen) atoms. The number of aldehydes is 1. The lowest BCUT2D eigenvalue weighted by Gasteiger charge is -2.41. The summed E-state index contributed by atoms with van der Waals surface area (Å²) in [5.41, 5.74) is 4.39. The van der Waals surface area contributed by atoms with Crippen LogP contribution in [0.4, 0.5) is 0 Å². The van der Waals surface area contributed by atoms with Gasteiger partial charge in [-0.2, -0.15) is 0 Å². The number of fused-ring (bicyclic) bond motifs is 5. The average molecular weight is 366 g/mol. The number of benzene rings is 1. The highest BCUT2D eigenvalue weighted by Gasteiger charge is 2.39. The molecule has 0 radical (unpaired) electrons. The van der Waals surface area contributed by atoms with E-state index in [2.05, 4.69) is 9.88 Å². The SMILES string of the molecule is CC=C(C=O)[C@@H]1C[C@H]2c3[nH]c4ccc(O)cc4c3CCN2C=C1C(=O)OC. The first-order valence-corrected chi connectivity index (χ1v) is 9.08. The number of phenolic OH excluding ortho intramolecular Hbond substituents is 1. The van der Waals surface area contributed by atoms with Crippen molar-refractivity contribution < 1.29 is 19.4 Å². The van der Waals surface area contributed by atoms with Crippen LogP contribution in [0.15, 0.2) is 41.6 Å². The molecular formula is C21H22N2O4. The van der Waals surface area contributed by atoms with E-state index in [0.717, 1.165) is 35.8 Å². The van der Waals surface area contributed by atoms with Gasteiger partial charge in [0.25, 0.3) is 0 Å². The first-order chi connectivity index (χ1) is 13.1. The van der Waals surface area contributed by atoms with Gasteiger partial charge in [-0.15, -0.1) is 0 Å². The largest absolute Gasteiger partial charge is 0.508 e. The summed E-state index contributed by atoms with van der Waals surface area (Å²) >= 11 is 0. The van der Waals surface area contributed by atoms with E-state index < -0.39 is 5.97 Å². The van der Waals surface area contributed by atoms with E-state index in [0.29, 0.717) is 17.6 Å². The quantitative estimate of drug-likeness (QED) is 0.496. The summed E-state index contributed by atoms with van der Waals surface area (Å²) in [6, 6.07) is 5.38. The molecule has 2 atom stereocenters. The Bertz CT molecular complexity index is 985. The van der Waals surface area contributed by atoms with Crippen molar-refractivity contribution in [2.75, 3.05) is 13.7 Å². The van der Waals surface area contributed by atoms with Crippen molar-refractivity contribution in [2.45, 2.75) is 25.8 Å². The molecule has 3 heterocycles. The van der Waals surface area contributed by atoms with Gasteiger partial charge in [-0.1, -0.05) is 6.08 Å². The molecule has 0 bridgehead atoms. The highest BCUT2D eigenvalue weighted by molar-refractivity contribution is 5.92. The van der Waals surface area contributed by atoms with Crippen LogP contribution in [0.5, 0.6) is 5.75 Å². The number of aromatic nitrogens is 1. The number of hydrogen-bond acceptors (Lipinski definition) is 5. The molecule has 0 unspecified atom stereocenters. The van der Waals surface area contributed by atoms with Gasteiger partial charge < -0.3 is 19.7 Å². The van der Waals surface area contributed by atoms with E-state index in [1.54, 1.807) is 18.2 Å². The topological polar surface area (TPSA) is 82.6 Å². The third-order valence-electron chi connectivity index (χ3n) is 5.71. The minimum absolute atomic E-state index is 0.0385. The summed E-state index contributed by atoms with van der Waals surface area (Å²) in [7, 11) is 1.36. The van der Waals surface area contributed by atoms with Gasteiger partial charge >= 0.3 is 5.97 Å². The third-order valence-corrected chi connectivity index (χ3v) is 5.71. The van der Waals surface area contributed by atoms with Crippen molar-refractivity contribution in [3.05, 3.63) is 52.9 Å². The molecule has 2 aromatic rings. The fourth-order valence-corrected chi connectivity index (χ4v) is 4.38. The Balaban J connectivity index is 1.82. The van der Waals surface area contributed by atoms with Crippen molar-refractivity contribution in [1.82, 2.24) is 9.88 Å². The monoisotopic (exact) mass is 366 g/mol. The standard InChI is InChI=1S/C21H22N2O4/c1-3-12(11-24)15-9-19-20-14(16-8-13(25)4-5-18(16)22-20)6-7-23(19)10-17(15)21(26)27-2/h3-5,8,10-11,15,19,22,25H,6-7,9H2,1-2H3/t15-,19-/m0/s1. The first kappa shape index (κ1) is 17.4. The van der Waals surface area contributed by atoms with E-state index in [9.17, 15) is 14.7 Å². The van der Waals surface area contributed by atoms with Gasteiger partial charge in [0.1, 0.15) is 12.0 Å². The van der Waals surface area contributed by atoms with Gasteiger partial charge in [0, 0.05) is 35.3 Å². The molecule has 2 N–H and O–H groups in total. The lowest BCUT2D eigenvalue weighted by Crippen LogP contribution is -2.38. The molecule has 1 aromatic heterocycles. The number of phenols is 1. The van der Waals surface area contributed by atoms with Crippen LogP contribution in [0.1, 0.15) is 30.6 Å². The summed E-state index contributed by atoms with van der Waals surface area (Å²) in [6.07, 6.45) is 5.87. The van der Waals surface area contributed by atoms with Gasteiger partial charge in [0.2, 0.25) is 0 Å². The maximum Gasteiger partial charge on any atom is 0.335 e. The summed E-state index contributed by atoms with van der Waals surface area (Å²) in [4.78, 5) is 29.5. The van der Waals surface area contributed by atoms with Crippen LogP contribution in [-0.2, 0) is 20.7 Å². The Labute approximate surface area is 157 Å². The maximum absolute atomic E-state index is 12.3. The van der Waals surface area contributed by atoms with Gasteiger partial charge in [0.05, 0.1) is 18.7 Å². The van der Waals surface area contributed by atoms with Crippen LogP contribution in [0.2, 0.25) is 0 Å². The van der Waals surface area contributed by atoms with Crippen molar-refractivity contribution in [1.29, 1.82) is 0 Å². The van der Waals surface area contributed by atoms with Gasteiger partial charge in [0.15, 0.2) is 0 Å². The Morgan fingerprint density at radius 2 is 2.22 bits per heavy atom. The van der Waals surface area contributed by atoms with Gasteiger partial charge in [-0.3, -0.25) is 4.79 Å². The van der Waals surface area contributed by atoms with E-state index in [1.807, 2.05) is 19.2 Å². The predicted molar refractivity (Wildman–Crippen MR) is 101 cm³/mol. The fourth-order valence-electron chi connectivity index (χ4n) is 4.38. The Morgan fingerprint density at radius 3 is 2.93 bits per heavy atom. The number of ether oxygens (including phenoxy) is 1. The molecule has 0 saturated carbocycles. The molecule has 0 spiro atoms. The van der Waals surface area contributed by atoms with Crippen LogP contribution in [0.3, 0.4) is 0 Å². The zero-order chi connectivity index (χ0) is 19.1. The second kappa shape index (κ2) is 6.61. The number of aromatic amines is 1. The van der Waals surface area contributed by atoms with E-state index in [4.69, 9.17) is 4.74 Å². The minimum Gasteiger partial charge on any atom is -0.508 e. The van der Waals surface area contributed by atoms with Crippen molar-refractivity contribution >= 4 is 23.2 Å². The van der Waals surface area contributed by atoms with Crippen molar-refractivity contribution in [3.63, 3.8) is 0 Å². The molecule has 0 aliphatic carbocycles. The summed E-state index contributed by atoms with van der Waals surface area (Å²) in [6.45, 7) is 2.57. The number of esters is 1. The number of hydrogen-bond donors (Lipinski definition) is 2. The number of rotatable bonds is 3. The highest BCUT2D eigenvalue weighted by atomic mass is 16.5. The van der Waals surface area contributed by atoms with Gasteiger partial charge in [-0.05, 0) is 49.1 Å². The Morgan fingerprint density at radius 1 is 1.41 bits per heavy atom.